The Morgan fingerprint density at radius 1 is 1.41 bits per heavy atom. The second-order valence-electron chi connectivity index (χ2n) is 4.38. The van der Waals surface area contributed by atoms with Crippen molar-refractivity contribution >= 4 is 11.5 Å². The first kappa shape index (κ1) is 12.0. The fourth-order valence-corrected chi connectivity index (χ4v) is 1.60. The largest absolute Gasteiger partial charge is 0.476 e. The van der Waals surface area contributed by atoms with Crippen molar-refractivity contribution < 1.29 is 4.74 Å². The number of hydrogen-bond acceptors (Lipinski definition) is 5. The minimum Gasteiger partial charge on any atom is -0.476 e. The van der Waals surface area contributed by atoms with Gasteiger partial charge in [0, 0.05) is 13.0 Å². The summed E-state index contributed by atoms with van der Waals surface area (Å²) in [4.78, 5) is 8.83. The van der Waals surface area contributed by atoms with Gasteiger partial charge in [0.1, 0.15) is 11.5 Å². The smallest absolute Gasteiger partial charge is 0.242 e. The maximum atomic E-state index is 5.95. The Hall–Kier alpha value is -1.52. The summed E-state index contributed by atoms with van der Waals surface area (Å²) in [5, 5.41) is 2.99. The maximum Gasteiger partial charge on any atom is 0.242 e. The molecule has 0 bridgehead atoms. The monoisotopic (exact) mass is 236 g/mol. The first-order valence-corrected chi connectivity index (χ1v) is 6.24. The number of nitrogens with one attached hydrogen (secondary N) is 1. The second kappa shape index (κ2) is 5.21. The predicted molar refractivity (Wildman–Crippen MR) is 68.4 cm³/mol. The van der Waals surface area contributed by atoms with E-state index in [4.69, 9.17) is 10.5 Å². The minimum absolute atomic E-state index is 0.497. The van der Waals surface area contributed by atoms with Gasteiger partial charge in [0.25, 0.3) is 0 Å². The summed E-state index contributed by atoms with van der Waals surface area (Å²) in [5.74, 6) is 2.55. The number of hydrogen-bond donors (Lipinski definition) is 2. The van der Waals surface area contributed by atoms with Crippen LogP contribution in [0.2, 0.25) is 0 Å². The van der Waals surface area contributed by atoms with E-state index in [2.05, 4.69) is 22.2 Å². The number of unbranched alkanes of at least 4 members (excludes halogenated alkanes) is 1. The molecule has 2 rings (SSSR count). The van der Waals surface area contributed by atoms with Crippen molar-refractivity contribution in [2.45, 2.75) is 38.5 Å². The van der Waals surface area contributed by atoms with Gasteiger partial charge in [-0.1, -0.05) is 13.3 Å². The van der Waals surface area contributed by atoms with Gasteiger partial charge >= 0.3 is 0 Å². The van der Waals surface area contributed by atoms with E-state index >= 15 is 0 Å². The van der Waals surface area contributed by atoms with Crippen LogP contribution in [0.5, 0.6) is 5.88 Å². The van der Waals surface area contributed by atoms with E-state index in [-0.39, 0.29) is 0 Å². The average molecular weight is 236 g/mol. The Labute approximate surface area is 102 Å². The number of nitrogens with two attached hydrogens (primary N) is 1. The number of ether oxygens (including phenoxy) is 1. The molecule has 5 heteroatoms. The summed E-state index contributed by atoms with van der Waals surface area (Å²) in [6, 6.07) is 0. The van der Waals surface area contributed by atoms with Crippen LogP contribution in [0.3, 0.4) is 0 Å². The SMILES string of the molecule is CCCCOc1nc(C2CC2)nc(NC)c1N. The molecular formula is C12H20N4O. The lowest BCUT2D eigenvalue weighted by Crippen LogP contribution is -2.09. The summed E-state index contributed by atoms with van der Waals surface area (Å²) in [6.45, 7) is 2.78. The number of nitrogen functional groups attached to an aromatic ring is 1. The van der Waals surface area contributed by atoms with Crippen molar-refractivity contribution in [3.63, 3.8) is 0 Å². The van der Waals surface area contributed by atoms with E-state index in [1.54, 1.807) is 0 Å². The number of rotatable bonds is 6. The molecule has 5 nitrogen and oxygen atoms in total. The minimum atomic E-state index is 0.497. The van der Waals surface area contributed by atoms with E-state index in [0.717, 1.165) is 18.7 Å². The Morgan fingerprint density at radius 2 is 2.18 bits per heavy atom. The number of aromatic nitrogens is 2. The molecule has 0 amide bonds. The highest BCUT2D eigenvalue weighted by Crippen LogP contribution is 2.40. The molecule has 17 heavy (non-hydrogen) atoms. The highest BCUT2D eigenvalue weighted by atomic mass is 16.5. The third-order valence-electron chi connectivity index (χ3n) is 2.84. The topological polar surface area (TPSA) is 73.1 Å². The Balaban J connectivity index is 2.18. The standard InChI is InChI=1S/C12H20N4O/c1-3-4-7-17-12-9(13)11(14-2)15-10(16-12)8-5-6-8/h8H,3-7,13H2,1-2H3,(H,14,15,16). The van der Waals surface area contributed by atoms with Gasteiger partial charge < -0.3 is 15.8 Å². The molecule has 1 aromatic rings. The van der Waals surface area contributed by atoms with Gasteiger partial charge in [0.2, 0.25) is 5.88 Å². The maximum absolute atomic E-state index is 5.95. The van der Waals surface area contributed by atoms with E-state index in [1.807, 2.05) is 7.05 Å². The van der Waals surface area contributed by atoms with Crippen LogP contribution in [-0.2, 0) is 0 Å². The summed E-state index contributed by atoms with van der Waals surface area (Å²) >= 11 is 0. The molecule has 3 N–H and O–H groups in total. The fourth-order valence-electron chi connectivity index (χ4n) is 1.60. The van der Waals surface area contributed by atoms with Gasteiger partial charge in [0.15, 0.2) is 5.82 Å². The zero-order valence-electron chi connectivity index (χ0n) is 10.5. The van der Waals surface area contributed by atoms with Gasteiger partial charge in [-0.15, -0.1) is 0 Å². The predicted octanol–water partition coefficient (Wildman–Crippen LogP) is 2.16. The number of nitrogens with zero attached hydrogens (tertiary/aromatic N) is 2. The van der Waals surface area contributed by atoms with Crippen LogP contribution in [0.25, 0.3) is 0 Å². The van der Waals surface area contributed by atoms with E-state index < -0.39 is 0 Å². The van der Waals surface area contributed by atoms with Gasteiger partial charge in [-0.3, -0.25) is 0 Å². The molecule has 0 radical (unpaired) electrons. The van der Waals surface area contributed by atoms with Crippen LogP contribution >= 0.6 is 0 Å². The summed E-state index contributed by atoms with van der Waals surface area (Å²) in [5.41, 5.74) is 6.46. The molecule has 0 aliphatic heterocycles. The molecule has 0 saturated heterocycles. The molecule has 1 heterocycles. The highest BCUT2D eigenvalue weighted by molar-refractivity contribution is 5.66. The van der Waals surface area contributed by atoms with Crippen LogP contribution in [0, 0.1) is 0 Å². The number of anilines is 2. The molecule has 1 aliphatic rings. The lowest BCUT2D eigenvalue weighted by Gasteiger charge is -2.12. The van der Waals surface area contributed by atoms with E-state index in [1.165, 1.54) is 12.8 Å². The molecule has 94 valence electrons. The van der Waals surface area contributed by atoms with E-state index in [9.17, 15) is 0 Å². The third-order valence-corrected chi connectivity index (χ3v) is 2.84. The lowest BCUT2D eigenvalue weighted by molar-refractivity contribution is 0.298. The lowest BCUT2D eigenvalue weighted by atomic mass is 10.3. The average Bonchev–Trinajstić information content (AvgIpc) is 3.15. The molecule has 1 fully saturated rings. The van der Waals surface area contributed by atoms with Crippen LogP contribution in [0.4, 0.5) is 11.5 Å². The third kappa shape index (κ3) is 2.78. The molecule has 0 spiro atoms. The zero-order valence-corrected chi connectivity index (χ0v) is 10.5. The first-order valence-electron chi connectivity index (χ1n) is 6.24. The Bertz CT molecular complexity index is 390. The summed E-state index contributed by atoms with van der Waals surface area (Å²) in [6.07, 6.45) is 4.44. The molecule has 1 saturated carbocycles. The molecule has 0 aromatic carbocycles. The van der Waals surface area contributed by atoms with Crippen LogP contribution < -0.4 is 15.8 Å². The zero-order chi connectivity index (χ0) is 12.3. The molecular weight excluding hydrogens is 216 g/mol. The summed E-state index contributed by atoms with van der Waals surface area (Å²) in [7, 11) is 1.81. The van der Waals surface area contributed by atoms with Gasteiger partial charge in [0.05, 0.1) is 6.61 Å². The van der Waals surface area contributed by atoms with Crippen molar-refractivity contribution in [1.29, 1.82) is 0 Å². The fraction of sp³-hybridized carbons (Fsp3) is 0.667. The van der Waals surface area contributed by atoms with Gasteiger partial charge in [-0.05, 0) is 19.3 Å². The first-order chi connectivity index (χ1) is 8.26. The van der Waals surface area contributed by atoms with Crippen molar-refractivity contribution in [3.8, 4) is 5.88 Å². The Morgan fingerprint density at radius 3 is 2.76 bits per heavy atom. The van der Waals surface area contributed by atoms with Crippen molar-refractivity contribution in [2.24, 2.45) is 0 Å². The normalized spacial score (nSPS) is 14.7. The van der Waals surface area contributed by atoms with E-state index in [0.29, 0.717) is 29.9 Å². The van der Waals surface area contributed by atoms with Gasteiger partial charge in [-0.25, -0.2) is 4.98 Å². The molecule has 0 atom stereocenters. The van der Waals surface area contributed by atoms with Crippen LogP contribution in [0.15, 0.2) is 0 Å². The van der Waals surface area contributed by atoms with Crippen LogP contribution in [-0.4, -0.2) is 23.6 Å². The summed E-state index contributed by atoms with van der Waals surface area (Å²) < 4.78 is 5.62. The van der Waals surface area contributed by atoms with Crippen molar-refractivity contribution in [2.75, 3.05) is 24.7 Å². The molecule has 1 aromatic heterocycles. The quantitative estimate of drug-likeness (QED) is 0.740. The van der Waals surface area contributed by atoms with Crippen LogP contribution in [0.1, 0.15) is 44.3 Å². The highest BCUT2D eigenvalue weighted by Gasteiger charge is 2.28. The molecule has 1 aliphatic carbocycles. The van der Waals surface area contributed by atoms with Crippen molar-refractivity contribution in [1.82, 2.24) is 9.97 Å². The van der Waals surface area contributed by atoms with Crippen molar-refractivity contribution in [3.05, 3.63) is 5.82 Å². The van der Waals surface area contributed by atoms with Gasteiger partial charge in [-0.2, -0.15) is 4.98 Å². The molecule has 0 unspecified atom stereocenters. The Kier molecular flexibility index (Phi) is 3.66. The second-order valence-corrected chi connectivity index (χ2v) is 4.38.